The van der Waals surface area contributed by atoms with Gasteiger partial charge in [-0.05, 0) is 72.4 Å². The molecule has 3 atom stereocenters. The zero-order chi connectivity index (χ0) is 24.1. The van der Waals surface area contributed by atoms with E-state index in [-0.39, 0.29) is 34.1 Å². The van der Waals surface area contributed by atoms with E-state index in [1.165, 1.54) is 22.7 Å². The fraction of sp³-hybridized carbons (Fsp3) is 0.407. The smallest absolute Gasteiger partial charge is 0.266 e. The molecule has 2 aromatic carbocycles. The summed E-state index contributed by atoms with van der Waals surface area (Å²) in [7, 11) is 0. The first-order valence-corrected chi connectivity index (χ1v) is 12.7. The third-order valence-corrected chi connectivity index (χ3v) is 9.40. The third-order valence-electron chi connectivity index (χ3n) is 8.46. The Morgan fingerprint density at radius 3 is 2.59 bits per heavy atom. The van der Waals surface area contributed by atoms with E-state index in [0.29, 0.717) is 33.2 Å². The monoisotopic (exact) mass is 472 g/mol. The summed E-state index contributed by atoms with van der Waals surface area (Å²) in [6.45, 7) is 6.98. The van der Waals surface area contributed by atoms with Crippen LogP contribution < -0.4 is 10.9 Å². The van der Waals surface area contributed by atoms with Crippen LogP contribution in [0.4, 0.5) is 0 Å². The number of hydrogen-bond acceptors (Lipinski definition) is 5. The molecule has 0 saturated heterocycles. The van der Waals surface area contributed by atoms with Crippen LogP contribution in [0.1, 0.15) is 45.6 Å². The first-order valence-electron chi connectivity index (χ1n) is 11.7. The number of benzene rings is 2. The van der Waals surface area contributed by atoms with Crippen molar-refractivity contribution < 1.29 is 4.79 Å². The van der Waals surface area contributed by atoms with E-state index in [0.717, 1.165) is 12.8 Å². The number of nitrogens with zero attached hydrogens (tertiary/aromatic N) is 3. The topological polar surface area (TPSA) is 87.8 Å². The zero-order valence-corrected chi connectivity index (χ0v) is 20.5. The van der Waals surface area contributed by atoms with E-state index in [4.69, 9.17) is 10.2 Å². The molecule has 1 N–H and O–H groups in total. The Balaban J connectivity index is 1.42. The molecule has 5 rings (SSSR count). The minimum absolute atomic E-state index is 0.0339. The van der Waals surface area contributed by atoms with E-state index in [1.807, 2.05) is 18.2 Å². The van der Waals surface area contributed by atoms with Crippen LogP contribution in [0, 0.1) is 28.1 Å². The summed E-state index contributed by atoms with van der Waals surface area (Å²) in [5.41, 5.74) is 1.88. The second kappa shape index (κ2) is 8.28. The number of rotatable bonds is 5. The Labute approximate surface area is 203 Å². The predicted octanol–water partition coefficient (Wildman–Crippen LogP) is 4.68. The molecule has 6 nitrogen and oxygen atoms in total. The number of thioether (sulfide) groups is 1. The maximum atomic E-state index is 13.4. The van der Waals surface area contributed by atoms with Crippen molar-refractivity contribution in [1.29, 1.82) is 5.26 Å². The van der Waals surface area contributed by atoms with Gasteiger partial charge in [-0.15, -0.1) is 0 Å². The van der Waals surface area contributed by atoms with Gasteiger partial charge in [-0.1, -0.05) is 44.7 Å². The molecular weight excluding hydrogens is 444 g/mol. The fourth-order valence-electron chi connectivity index (χ4n) is 5.91. The second-order valence-corrected chi connectivity index (χ2v) is 11.2. The molecule has 2 saturated carbocycles. The normalized spacial score (nSPS) is 24.8. The largest absolute Gasteiger partial charge is 0.352 e. The number of hydrogen-bond donors (Lipinski definition) is 1. The molecule has 0 spiro atoms. The second-order valence-electron chi connectivity index (χ2n) is 10.2. The van der Waals surface area contributed by atoms with Gasteiger partial charge in [0.25, 0.3) is 5.56 Å². The fourth-order valence-corrected chi connectivity index (χ4v) is 6.73. The van der Waals surface area contributed by atoms with E-state index >= 15 is 0 Å². The summed E-state index contributed by atoms with van der Waals surface area (Å²) < 4.78 is 1.53. The van der Waals surface area contributed by atoms with E-state index in [1.54, 1.807) is 30.3 Å². The van der Waals surface area contributed by atoms with Crippen molar-refractivity contribution in [2.75, 3.05) is 5.75 Å². The molecule has 34 heavy (non-hydrogen) atoms. The summed E-state index contributed by atoms with van der Waals surface area (Å²) >= 11 is 1.27. The molecule has 2 aliphatic rings. The maximum Gasteiger partial charge on any atom is 0.266 e. The van der Waals surface area contributed by atoms with Crippen molar-refractivity contribution in [2.45, 2.75) is 51.2 Å². The maximum absolute atomic E-state index is 13.4. The number of nitrogens with one attached hydrogen (secondary N) is 1. The van der Waals surface area contributed by atoms with Crippen molar-refractivity contribution >= 4 is 28.6 Å². The van der Waals surface area contributed by atoms with Crippen molar-refractivity contribution in [3.8, 4) is 11.8 Å². The molecule has 1 aromatic heterocycles. The number of aromatic nitrogens is 2. The lowest BCUT2D eigenvalue weighted by Crippen LogP contribution is -2.47. The van der Waals surface area contributed by atoms with Crippen LogP contribution in [0.3, 0.4) is 0 Å². The number of carbonyl (C=O) groups is 1. The third kappa shape index (κ3) is 3.52. The van der Waals surface area contributed by atoms with Gasteiger partial charge in [0.2, 0.25) is 5.91 Å². The van der Waals surface area contributed by atoms with Crippen LogP contribution >= 0.6 is 11.8 Å². The van der Waals surface area contributed by atoms with E-state index in [9.17, 15) is 9.59 Å². The summed E-state index contributed by atoms with van der Waals surface area (Å²) in [4.78, 5) is 31.1. The van der Waals surface area contributed by atoms with Gasteiger partial charge in [0.1, 0.15) is 0 Å². The van der Waals surface area contributed by atoms with Crippen LogP contribution in [0.5, 0.6) is 0 Å². The Morgan fingerprint density at radius 1 is 1.21 bits per heavy atom. The van der Waals surface area contributed by atoms with Gasteiger partial charge in [-0.3, -0.25) is 14.2 Å². The standard InChI is InChI=1S/C27H28N4O2S/c1-26(2)18-12-13-27(26,3)22(14-18)30-23(32)16-34-25-29-21-7-5-4-6-20(21)24(33)31(25)19-10-8-17(15-28)9-11-19/h4-11,18,22H,12-14,16H2,1-3H3,(H,30,32)/t18-,22-,27-/m0/s1. The van der Waals surface area contributed by atoms with Crippen molar-refractivity contribution in [3.05, 3.63) is 64.4 Å². The van der Waals surface area contributed by atoms with Crippen LogP contribution in [0.2, 0.25) is 0 Å². The SMILES string of the molecule is CC1(C)[C@H]2CC[C@@]1(C)[C@@H](NC(=O)CSc1nc3ccccc3c(=O)n1-c1ccc(C#N)cc1)C2. The number of para-hydroxylation sites is 1. The first-order chi connectivity index (χ1) is 16.2. The molecule has 1 heterocycles. The minimum Gasteiger partial charge on any atom is -0.352 e. The van der Waals surface area contributed by atoms with E-state index < -0.39 is 0 Å². The summed E-state index contributed by atoms with van der Waals surface area (Å²) in [6.07, 6.45) is 3.42. The van der Waals surface area contributed by atoms with Crippen molar-refractivity contribution in [3.63, 3.8) is 0 Å². The number of fused-ring (bicyclic) bond motifs is 3. The minimum atomic E-state index is -0.194. The molecule has 1 amide bonds. The molecule has 0 aliphatic heterocycles. The van der Waals surface area contributed by atoms with Crippen molar-refractivity contribution in [1.82, 2.24) is 14.9 Å². The van der Waals surface area contributed by atoms with E-state index in [2.05, 4.69) is 32.2 Å². The Hall–Kier alpha value is -3.11. The highest BCUT2D eigenvalue weighted by Crippen LogP contribution is 2.65. The van der Waals surface area contributed by atoms with Gasteiger partial charge in [-0.2, -0.15) is 5.26 Å². The summed E-state index contributed by atoms with van der Waals surface area (Å²) in [5, 5.41) is 13.4. The van der Waals surface area contributed by atoms with Gasteiger partial charge in [-0.25, -0.2) is 4.98 Å². The van der Waals surface area contributed by atoms with Gasteiger partial charge in [0.15, 0.2) is 5.16 Å². The molecule has 2 aliphatic carbocycles. The molecule has 3 aromatic rings. The molecule has 0 radical (unpaired) electrons. The lowest BCUT2D eigenvalue weighted by molar-refractivity contribution is -0.120. The van der Waals surface area contributed by atoms with Gasteiger partial charge in [0, 0.05) is 6.04 Å². The molecule has 7 heteroatoms. The Kier molecular flexibility index (Phi) is 5.52. The molecule has 2 bridgehead atoms. The van der Waals surface area contributed by atoms with Gasteiger partial charge < -0.3 is 5.32 Å². The highest BCUT2D eigenvalue weighted by molar-refractivity contribution is 7.99. The summed E-state index contributed by atoms with van der Waals surface area (Å²) in [5.74, 6) is 0.797. The van der Waals surface area contributed by atoms with Gasteiger partial charge >= 0.3 is 0 Å². The lowest BCUT2D eigenvalue weighted by atomic mass is 9.69. The van der Waals surface area contributed by atoms with Crippen LogP contribution in [-0.2, 0) is 4.79 Å². The number of nitriles is 1. The van der Waals surface area contributed by atoms with Crippen LogP contribution in [0.15, 0.2) is 58.5 Å². The zero-order valence-electron chi connectivity index (χ0n) is 19.7. The highest BCUT2D eigenvalue weighted by Gasteiger charge is 2.61. The Morgan fingerprint density at radius 2 is 1.94 bits per heavy atom. The molecule has 0 unspecified atom stereocenters. The quantitative estimate of drug-likeness (QED) is 0.430. The lowest BCUT2D eigenvalue weighted by Gasteiger charge is -2.39. The first kappa shape index (κ1) is 22.7. The average Bonchev–Trinajstić information content (AvgIpc) is 3.17. The van der Waals surface area contributed by atoms with Crippen LogP contribution in [0.25, 0.3) is 16.6 Å². The predicted molar refractivity (Wildman–Crippen MR) is 134 cm³/mol. The van der Waals surface area contributed by atoms with Gasteiger partial charge in [0.05, 0.1) is 34.0 Å². The molecule has 174 valence electrons. The number of carbonyl (C=O) groups excluding carboxylic acids is 1. The summed E-state index contributed by atoms with van der Waals surface area (Å²) in [6, 6.07) is 16.3. The van der Waals surface area contributed by atoms with Crippen LogP contribution in [-0.4, -0.2) is 27.3 Å². The van der Waals surface area contributed by atoms with Crippen molar-refractivity contribution in [2.24, 2.45) is 16.7 Å². The number of amides is 1. The average molecular weight is 473 g/mol. The molecular formula is C27H28N4O2S. The Bertz CT molecular complexity index is 1370. The molecule has 2 fully saturated rings. The highest BCUT2D eigenvalue weighted by atomic mass is 32.2.